The van der Waals surface area contributed by atoms with E-state index in [2.05, 4.69) is 46.1 Å². The monoisotopic (exact) mass is 269 g/mol. The van der Waals surface area contributed by atoms with Gasteiger partial charge in [0.25, 0.3) is 0 Å². The lowest BCUT2D eigenvalue weighted by atomic mass is 10.1. The number of nitrogens with zero attached hydrogens (tertiary/aromatic N) is 2. The van der Waals surface area contributed by atoms with Gasteiger partial charge in [0.2, 0.25) is 0 Å². The van der Waals surface area contributed by atoms with Crippen LogP contribution >= 0.6 is 0 Å². The Morgan fingerprint density at radius 1 is 1.40 bits per heavy atom. The molecule has 20 heavy (non-hydrogen) atoms. The Labute approximate surface area is 118 Å². The first-order chi connectivity index (χ1) is 9.78. The molecule has 3 rings (SSSR count). The SMILES string of the molecule is Cc1cccc(CCc2nc(C=O)c3n2CCCN3)c1. The molecule has 0 aliphatic carbocycles. The van der Waals surface area contributed by atoms with Gasteiger partial charge in [0.1, 0.15) is 17.3 Å². The van der Waals surface area contributed by atoms with Crippen molar-refractivity contribution in [2.75, 3.05) is 11.9 Å². The third-order valence-corrected chi connectivity index (χ3v) is 3.76. The highest BCUT2D eigenvalue weighted by atomic mass is 16.1. The van der Waals surface area contributed by atoms with Crippen molar-refractivity contribution in [1.29, 1.82) is 0 Å². The second-order valence-corrected chi connectivity index (χ2v) is 5.30. The number of nitrogens with one attached hydrogen (secondary N) is 1. The number of carbonyl (C=O) groups excluding carboxylic acids is 1. The van der Waals surface area contributed by atoms with Gasteiger partial charge < -0.3 is 9.88 Å². The first kappa shape index (κ1) is 12.9. The van der Waals surface area contributed by atoms with Crippen LogP contribution < -0.4 is 5.32 Å². The molecule has 2 aromatic rings. The van der Waals surface area contributed by atoms with Crippen LogP contribution in [0.1, 0.15) is 33.9 Å². The maximum atomic E-state index is 11.1. The molecule has 4 nitrogen and oxygen atoms in total. The average molecular weight is 269 g/mol. The molecule has 0 radical (unpaired) electrons. The number of rotatable bonds is 4. The lowest BCUT2D eigenvalue weighted by Gasteiger charge is -2.18. The van der Waals surface area contributed by atoms with E-state index >= 15 is 0 Å². The zero-order chi connectivity index (χ0) is 13.9. The fourth-order valence-corrected chi connectivity index (χ4v) is 2.79. The van der Waals surface area contributed by atoms with Crippen LogP contribution in [0.3, 0.4) is 0 Å². The maximum absolute atomic E-state index is 11.1. The first-order valence-electron chi connectivity index (χ1n) is 7.12. The molecule has 0 saturated heterocycles. The van der Waals surface area contributed by atoms with Gasteiger partial charge in [0, 0.05) is 19.5 Å². The summed E-state index contributed by atoms with van der Waals surface area (Å²) in [7, 11) is 0. The predicted octanol–water partition coefficient (Wildman–Crippen LogP) is 2.60. The molecule has 2 heterocycles. The molecular weight excluding hydrogens is 250 g/mol. The summed E-state index contributed by atoms with van der Waals surface area (Å²) >= 11 is 0. The summed E-state index contributed by atoms with van der Waals surface area (Å²) in [6.07, 6.45) is 3.75. The standard InChI is InChI=1S/C16H19N3O/c1-12-4-2-5-13(10-12)6-7-15-18-14(11-20)16-17-8-3-9-19(15)16/h2,4-5,10-11,17H,3,6-9H2,1H3. The van der Waals surface area contributed by atoms with Crippen molar-refractivity contribution in [3.63, 3.8) is 0 Å². The Kier molecular flexibility index (Phi) is 3.54. The van der Waals surface area contributed by atoms with Crippen LogP contribution in [0.4, 0.5) is 5.82 Å². The van der Waals surface area contributed by atoms with Gasteiger partial charge in [-0.15, -0.1) is 0 Å². The van der Waals surface area contributed by atoms with Crippen molar-refractivity contribution in [2.24, 2.45) is 0 Å². The molecule has 104 valence electrons. The zero-order valence-corrected chi connectivity index (χ0v) is 11.7. The summed E-state index contributed by atoms with van der Waals surface area (Å²) in [6.45, 7) is 3.98. The van der Waals surface area contributed by atoms with Crippen molar-refractivity contribution in [2.45, 2.75) is 32.7 Å². The summed E-state index contributed by atoms with van der Waals surface area (Å²) in [5.41, 5.74) is 3.14. The van der Waals surface area contributed by atoms with Gasteiger partial charge in [-0.3, -0.25) is 4.79 Å². The van der Waals surface area contributed by atoms with E-state index in [9.17, 15) is 4.79 Å². The topological polar surface area (TPSA) is 46.9 Å². The predicted molar refractivity (Wildman–Crippen MR) is 79.3 cm³/mol. The number of fused-ring (bicyclic) bond motifs is 1. The van der Waals surface area contributed by atoms with E-state index in [1.54, 1.807) is 0 Å². The van der Waals surface area contributed by atoms with E-state index in [4.69, 9.17) is 0 Å². The van der Waals surface area contributed by atoms with Crippen molar-refractivity contribution < 1.29 is 4.79 Å². The van der Waals surface area contributed by atoms with Gasteiger partial charge in [-0.05, 0) is 25.3 Å². The molecule has 0 bridgehead atoms. The van der Waals surface area contributed by atoms with E-state index in [1.807, 2.05) is 0 Å². The van der Waals surface area contributed by atoms with E-state index in [0.29, 0.717) is 5.69 Å². The lowest BCUT2D eigenvalue weighted by Crippen LogP contribution is -2.19. The van der Waals surface area contributed by atoms with Gasteiger partial charge in [-0.1, -0.05) is 29.8 Å². The molecule has 0 unspecified atom stereocenters. The Hall–Kier alpha value is -2.10. The van der Waals surface area contributed by atoms with E-state index in [0.717, 1.165) is 50.3 Å². The quantitative estimate of drug-likeness (QED) is 0.868. The van der Waals surface area contributed by atoms with Crippen molar-refractivity contribution in [1.82, 2.24) is 9.55 Å². The lowest BCUT2D eigenvalue weighted by molar-refractivity contribution is 0.112. The van der Waals surface area contributed by atoms with E-state index < -0.39 is 0 Å². The van der Waals surface area contributed by atoms with Crippen LogP contribution in [-0.2, 0) is 19.4 Å². The highest BCUT2D eigenvalue weighted by molar-refractivity contribution is 5.80. The Morgan fingerprint density at radius 2 is 2.30 bits per heavy atom. The van der Waals surface area contributed by atoms with Gasteiger partial charge >= 0.3 is 0 Å². The molecule has 1 aliphatic heterocycles. The minimum atomic E-state index is 0.545. The number of anilines is 1. The summed E-state index contributed by atoms with van der Waals surface area (Å²) in [5, 5.41) is 3.28. The number of hydrogen-bond acceptors (Lipinski definition) is 3. The molecule has 0 amide bonds. The fourth-order valence-electron chi connectivity index (χ4n) is 2.79. The average Bonchev–Trinajstić information content (AvgIpc) is 2.83. The molecule has 0 atom stereocenters. The number of imidazole rings is 1. The molecule has 1 aliphatic rings. The molecule has 4 heteroatoms. The molecule has 0 saturated carbocycles. The zero-order valence-electron chi connectivity index (χ0n) is 11.7. The normalized spacial score (nSPS) is 13.7. The fraction of sp³-hybridized carbons (Fsp3) is 0.375. The smallest absolute Gasteiger partial charge is 0.172 e. The first-order valence-corrected chi connectivity index (χ1v) is 7.12. The molecule has 1 aromatic carbocycles. The summed E-state index contributed by atoms with van der Waals surface area (Å²) in [5.74, 6) is 1.90. The molecule has 0 spiro atoms. The summed E-state index contributed by atoms with van der Waals surface area (Å²) in [4.78, 5) is 15.6. The molecule has 1 N–H and O–H groups in total. The van der Waals surface area contributed by atoms with Crippen molar-refractivity contribution >= 4 is 12.1 Å². The van der Waals surface area contributed by atoms with Gasteiger partial charge in [0.05, 0.1) is 0 Å². The van der Waals surface area contributed by atoms with E-state index in [-0.39, 0.29) is 0 Å². The molecule has 1 aromatic heterocycles. The van der Waals surface area contributed by atoms with Crippen LogP contribution in [-0.4, -0.2) is 22.4 Å². The van der Waals surface area contributed by atoms with Crippen LogP contribution in [0.5, 0.6) is 0 Å². The van der Waals surface area contributed by atoms with Crippen LogP contribution in [0.2, 0.25) is 0 Å². The Morgan fingerprint density at radius 3 is 3.10 bits per heavy atom. The van der Waals surface area contributed by atoms with Gasteiger partial charge in [0.15, 0.2) is 6.29 Å². The van der Waals surface area contributed by atoms with Gasteiger partial charge in [-0.25, -0.2) is 4.98 Å². The molecular formula is C16H19N3O. The third kappa shape index (κ3) is 2.46. The van der Waals surface area contributed by atoms with Gasteiger partial charge in [-0.2, -0.15) is 0 Å². The number of benzene rings is 1. The van der Waals surface area contributed by atoms with Crippen LogP contribution in [0.15, 0.2) is 24.3 Å². The largest absolute Gasteiger partial charge is 0.369 e. The number of aromatic nitrogens is 2. The third-order valence-electron chi connectivity index (χ3n) is 3.76. The molecule has 0 fully saturated rings. The highest BCUT2D eigenvalue weighted by Gasteiger charge is 2.18. The minimum Gasteiger partial charge on any atom is -0.369 e. The maximum Gasteiger partial charge on any atom is 0.172 e. The highest BCUT2D eigenvalue weighted by Crippen LogP contribution is 2.22. The Bertz CT molecular complexity index is 631. The minimum absolute atomic E-state index is 0.545. The second kappa shape index (κ2) is 5.49. The number of carbonyl (C=O) groups is 1. The number of aldehydes is 1. The summed E-state index contributed by atoms with van der Waals surface area (Å²) < 4.78 is 2.16. The summed E-state index contributed by atoms with van der Waals surface area (Å²) in [6, 6.07) is 8.55. The Balaban J connectivity index is 1.81. The number of aryl methyl sites for hydroxylation is 3. The van der Waals surface area contributed by atoms with Crippen molar-refractivity contribution in [3.8, 4) is 0 Å². The van der Waals surface area contributed by atoms with E-state index in [1.165, 1.54) is 11.1 Å². The van der Waals surface area contributed by atoms with Crippen LogP contribution in [0, 0.1) is 6.92 Å². The number of hydrogen-bond donors (Lipinski definition) is 1. The van der Waals surface area contributed by atoms with Crippen LogP contribution in [0.25, 0.3) is 0 Å². The second-order valence-electron chi connectivity index (χ2n) is 5.30. The van der Waals surface area contributed by atoms with Crippen molar-refractivity contribution in [3.05, 3.63) is 46.9 Å².